The van der Waals surface area contributed by atoms with E-state index in [0.717, 1.165) is 12.2 Å². The van der Waals surface area contributed by atoms with E-state index >= 15 is 0 Å². The molecule has 0 spiro atoms. The van der Waals surface area contributed by atoms with Crippen molar-refractivity contribution in [2.75, 3.05) is 18.5 Å². The number of hydrogen-bond acceptors (Lipinski definition) is 2. The van der Waals surface area contributed by atoms with Crippen LogP contribution in [-0.4, -0.2) is 13.6 Å². The molecule has 0 fully saturated rings. The number of rotatable bonds is 6. The van der Waals surface area contributed by atoms with Gasteiger partial charge in [-0.25, -0.2) is 4.39 Å². The highest BCUT2D eigenvalue weighted by Crippen LogP contribution is 2.20. The fourth-order valence-electron chi connectivity index (χ4n) is 2.41. The van der Waals surface area contributed by atoms with Gasteiger partial charge in [-0.05, 0) is 37.2 Å². The Morgan fingerprint density at radius 1 is 1.10 bits per heavy atom. The maximum absolute atomic E-state index is 13.7. The van der Waals surface area contributed by atoms with Crippen LogP contribution in [0.4, 0.5) is 10.1 Å². The molecule has 2 aromatic carbocycles. The summed E-state index contributed by atoms with van der Waals surface area (Å²) in [5, 5.41) is 3.39. The molecule has 1 N–H and O–H groups in total. The van der Waals surface area contributed by atoms with Gasteiger partial charge in [-0.3, -0.25) is 0 Å². The van der Waals surface area contributed by atoms with E-state index in [-0.39, 0.29) is 5.82 Å². The Morgan fingerprint density at radius 3 is 2.38 bits per heavy atom. The van der Waals surface area contributed by atoms with Crippen LogP contribution in [0.5, 0.6) is 0 Å². The standard InChI is InChI=1S/C18H23FN2/c1-4-20-14(2)15-9-11-17(12-10-15)21(3)13-16-7-5-6-8-18(16)19/h5-12,14,20H,4,13H2,1-3H3. The molecule has 0 saturated heterocycles. The van der Waals surface area contributed by atoms with E-state index in [2.05, 4.69) is 48.3 Å². The number of anilines is 1. The molecule has 0 aliphatic rings. The largest absolute Gasteiger partial charge is 0.370 e. The zero-order valence-electron chi connectivity index (χ0n) is 12.9. The third-order valence-corrected chi connectivity index (χ3v) is 3.71. The second-order valence-electron chi connectivity index (χ2n) is 5.32. The Kier molecular flexibility index (Phi) is 5.34. The number of halogens is 1. The van der Waals surface area contributed by atoms with E-state index in [4.69, 9.17) is 0 Å². The van der Waals surface area contributed by atoms with Crippen molar-refractivity contribution >= 4 is 5.69 Å². The number of nitrogens with one attached hydrogen (secondary N) is 1. The van der Waals surface area contributed by atoms with Crippen molar-refractivity contribution in [3.63, 3.8) is 0 Å². The second kappa shape index (κ2) is 7.23. The van der Waals surface area contributed by atoms with E-state index in [1.807, 2.05) is 19.2 Å². The first-order chi connectivity index (χ1) is 10.1. The fourth-order valence-corrected chi connectivity index (χ4v) is 2.41. The van der Waals surface area contributed by atoms with Crippen molar-refractivity contribution in [3.05, 3.63) is 65.5 Å². The fraction of sp³-hybridized carbons (Fsp3) is 0.333. The summed E-state index contributed by atoms with van der Waals surface area (Å²) in [6, 6.07) is 15.7. The number of hydrogen-bond donors (Lipinski definition) is 1. The number of nitrogens with zero attached hydrogens (tertiary/aromatic N) is 1. The first-order valence-electron chi connectivity index (χ1n) is 7.39. The van der Waals surface area contributed by atoms with Gasteiger partial charge in [0, 0.05) is 30.9 Å². The summed E-state index contributed by atoms with van der Waals surface area (Å²) in [6.07, 6.45) is 0. The summed E-state index contributed by atoms with van der Waals surface area (Å²) < 4.78 is 13.7. The van der Waals surface area contributed by atoms with Crippen LogP contribution in [0.1, 0.15) is 31.0 Å². The predicted molar refractivity (Wildman–Crippen MR) is 87.0 cm³/mol. The summed E-state index contributed by atoms with van der Waals surface area (Å²) in [4.78, 5) is 2.06. The van der Waals surface area contributed by atoms with E-state index in [9.17, 15) is 4.39 Å². The highest BCUT2D eigenvalue weighted by atomic mass is 19.1. The third-order valence-electron chi connectivity index (χ3n) is 3.71. The maximum Gasteiger partial charge on any atom is 0.128 e. The van der Waals surface area contributed by atoms with Crippen molar-refractivity contribution < 1.29 is 4.39 Å². The van der Waals surface area contributed by atoms with Crippen molar-refractivity contribution in [1.29, 1.82) is 0 Å². The Labute approximate surface area is 126 Å². The lowest BCUT2D eigenvalue weighted by Crippen LogP contribution is -2.19. The van der Waals surface area contributed by atoms with Gasteiger partial charge in [0.25, 0.3) is 0 Å². The summed E-state index contributed by atoms with van der Waals surface area (Å²) in [5.74, 6) is -0.151. The van der Waals surface area contributed by atoms with Gasteiger partial charge in [0.15, 0.2) is 0 Å². The Hall–Kier alpha value is -1.87. The highest BCUT2D eigenvalue weighted by Gasteiger charge is 2.07. The van der Waals surface area contributed by atoms with Crippen LogP contribution in [0.25, 0.3) is 0 Å². The van der Waals surface area contributed by atoms with Crippen LogP contribution in [0.3, 0.4) is 0 Å². The minimum Gasteiger partial charge on any atom is -0.370 e. The van der Waals surface area contributed by atoms with Crippen molar-refractivity contribution in [1.82, 2.24) is 5.32 Å². The first-order valence-corrected chi connectivity index (χ1v) is 7.39. The van der Waals surface area contributed by atoms with Gasteiger partial charge in [-0.15, -0.1) is 0 Å². The third kappa shape index (κ3) is 4.05. The monoisotopic (exact) mass is 286 g/mol. The van der Waals surface area contributed by atoms with Gasteiger partial charge in [0.2, 0.25) is 0 Å². The van der Waals surface area contributed by atoms with E-state index in [1.165, 1.54) is 11.6 Å². The predicted octanol–water partition coefficient (Wildman–Crippen LogP) is 4.13. The molecule has 0 radical (unpaired) electrons. The zero-order chi connectivity index (χ0) is 15.2. The molecule has 0 amide bonds. The average molecular weight is 286 g/mol. The normalized spacial score (nSPS) is 12.2. The molecule has 1 unspecified atom stereocenters. The van der Waals surface area contributed by atoms with Gasteiger partial charge in [-0.1, -0.05) is 37.3 Å². The summed E-state index contributed by atoms with van der Waals surface area (Å²) in [7, 11) is 1.98. The molecule has 3 heteroatoms. The molecular weight excluding hydrogens is 263 g/mol. The van der Waals surface area contributed by atoms with Gasteiger partial charge in [0.05, 0.1) is 0 Å². The quantitative estimate of drug-likeness (QED) is 0.859. The minimum absolute atomic E-state index is 0.151. The van der Waals surface area contributed by atoms with Crippen LogP contribution in [0.15, 0.2) is 48.5 Å². The van der Waals surface area contributed by atoms with E-state index < -0.39 is 0 Å². The molecule has 0 heterocycles. The van der Waals surface area contributed by atoms with Crippen LogP contribution in [0, 0.1) is 5.82 Å². The lowest BCUT2D eigenvalue weighted by atomic mass is 10.1. The van der Waals surface area contributed by atoms with Gasteiger partial charge < -0.3 is 10.2 Å². The Morgan fingerprint density at radius 2 is 1.76 bits per heavy atom. The molecule has 21 heavy (non-hydrogen) atoms. The smallest absolute Gasteiger partial charge is 0.128 e. The van der Waals surface area contributed by atoms with Crippen LogP contribution >= 0.6 is 0 Å². The molecule has 0 bridgehead atoms. The first kappa shape index (κ1) is 15.5. The van der Waals surface area contributed by atoms with E-state index in [1.54, 1.807) is 6.07 Å². The summed E-state index contributed by atoms with van der Waals surface area (Å²) >= 11 is 0. The zero-order valence-corrected chi connectivity index (χ0v) is 12.9. The Balaban J connectivity index is 2.06. The molecule has 2 aromatic rings. The van der Waals surface area contributed by atoms with Gasteiger partial charge in [0.1, 0.15) is 5.82 Å². The summed E-state index contributed by atoms with van der Waals surface area (Å²) in [6.45, 7) is 5.78. The SMILES string of the molecule is CCNC(C)c1ccc(N(C)Cc2ccccc2F)cc1. The highest BCUT2D eigenvalue weighted by molar-refractivity contribution is 5.48. The van der Waals surface area contributed by atoms with Crippen molar-refractivity contribution in [3.8, 4) is 0 Å². The van der Waals surface area contributed by atoms with Crippen LogP contribution < -0.4 is 10.2 Å². The lowest BCUT2D eigenvalue weighted by Gasteiger charge is -2.21. The molecule has 2 rings (SSSR count). The average Bonchev–Trinajstić information content (AvgIpc) is 2.50. The molecule has 0 saturated carbocycles. The number of benzene rings is 2. The summed E-state index contributed by atoms with van der Waals surface area (Å²) in [5.41, 5.74) is 3.07. The molecule has 0 aliphatic carbocycles. The van der Waals surface area contributed by atoms with E-state index in [0.29, 0.717) is 18.2 Å². The molecule has 112 valence electrons. The molecule has 0 aliphatic heterocycles. The Bertz CT molecular complexity index is 566. The van der Waals surface area contributed by atoms with Crippen molar-refractivity contribution in [2.45, 2.75) is 26.4 Å². The second-order valence-corrected chi connectivity index (χ2v) is 5.32. The molecule has 0 aromatic heterocycles. The topological polar surface area (TPSA) is 15.3 Å². The van der Waals surface area contributed by atoms with Crippen LogP contribution in [0.2, 0.25) is 0 Å². The lowest BCUT2D eigenvalue weighted by molar-refractivity contribution is 0.598. The minimum atomic E-state index is -0.151. The molecule has 1 atom stereocenters. The van der Waals surface area contributed by atoms with Crippen molar-refractivity contribution in [2.24, 2.45) is 0 Å². The molecular formula is C18H23FN2. The van der Waals surface area contributed by atoms with Gasteiger partial charge >= 0.3 is 0 Å². The van der Waals surface area contributed by atoms with Crippen LogP contribution in [-0.2, 0) is 6.54 Å². The molecule has 2 nitrogen and oxygen atoms in total. The maximum atomic E-state index is 13.7. The van der Waals surface area contributed by atoms with Gasteiger partial charge in [-0.2, -0.15) is 0 Å².